The third-order valence-electron chi connectivity index (χ3n) is 5.03. The first-order chi connectivity index (χ1) is 13.9. The highest BCUT2D eigenvalue weighted by Gasteiger charge is 2.22. The van der Waals surface area contributed by atoms with Crippen LogP contribution in [0, 0.1) is 27.7 Å². The van der Waals surface area contributed by atoms with Gasteiger partial charge in [-0.3, -0.25) is 14.4 Å². The Balaban J connectivity index is 1.74. The van der Waals surface area contributed by atoms with Crippen molar-refractivity contribution in [3.05, 3.63) is 76.6 Å². The molecule has 0 aliphatic carbocycles. The van der Waals surface area contributed by atoms with E-state index in [1.54, 1.807) is 20.9 Å². The van der Waals surface area contributed by atoms with Crippen LogP contribution in [0.3, 0.4) is 0 Å². The molecule has 29 heavy (non-hydrogen) atoms. The monoisotopic (exact) mass is 404 g/mol. The summed E-state index contributed by atoms with van der Waals surface area (Å²) in [6.07, 6.45) is 0. The molecule has 0 aliphatic heterocycles. The molecule has 0 saturated carbocycles. The largest absolute Gasteiger partial charge is 0.282 e. The van der Waals surface area contributed by atoms with Crippen LogP contribution in [-0.4, -0.2) is 20.7 Å². The first-order valence-corrected chi connectivity index (χ1v) is 10.5. The summed E-state index contributed by atoms with van der Waals surface area (Å²) < 4.78 is 2.90. The number of thiazole rings is 1. The second kappa shape index (κ2) is 7.79. The second-order valence-corrected chi connectivity index (χ2v) is 8.40. The minimum absolute atomic E-state index is 0.0191. The molecule has 148 valence electrons. The van der Waals surface area contributed by atoms with Crippen LogP contribution in [0.2, 0.25) is 0 Å². The lowest BCUT2D eigenvalue weighted by molar-refractivity contribution is -0.119. The van der Waals surface area contributed by atoms with Crippen molar-refractivity contribution >= 4 is 32.6 Å². The Kier molecular flexibility index (Phi) is 5.20. The van der Waals surface area contributed by atoms with Gasteiger partial charge in [-0.15, -0.1) is 0 Å². The Hall–Kier alpha value is -2.99. The van der Waals surface area contributed by atoms with E-state index >= 15 is 0 Å². The van der Waals surface area contributed by atoms with Gasteiger partial charge in [-0.25, -0.2) is 4.98 Å². The van der Waals surface area contributed by atoms with Crippen LogP contribution in [0.15, 0.2) is 48.5 Å². The molecular weight excluding hydrogens is 380 g/mol. The molecule has 6 heteroatoms. The number of nitrogens with zero attached hydrogens (tertiary/aromatic N) is 4. The Labute approximate surface area is 174 Å². The topological polar surface area (TPSA) is 51.0 Å². The maximum absolute atomic E-state index is 13.4. The molecular formula is C23H24N4OS. The van der Waals surface area contributed by atoms with E-state index < -0.39 is 0 Å². The minimum atomic E-state index is -0.0191. The molecule has 4 rings (SSSR count). The fraction of sp³-hybridized carbons (Fsp3) is 0.261. The van der Waals surface area contributed by atoms with Gasteiger partial charge in [0.15, 0.2) is 5.13 Å². The molecule has 0 aliphatic rings. The Morgan fingerprint density at radius 3 is 2.41 bits per heavy atom. The summed E-state index contributed by atoms with van der Waals surface area (Å²) >= 11 is 1.58. The Morgan fingerprint density at radius 2 is 1.76 bits per heavy atom. The van der Waals surface area contributed by atoms with Gasteiger partial charge in [0.1, 0.15) is 6.54 Å². The van der Waals surface area contributed by atoms with Crippen LogP contribution in [-0.2, 0) is 17.9 Å². The minimum Gasteiger partial charge on any atom is -0.282 e. The quantitative estimate of drug-likeness (QED) is 0.472. The number of fused-ring (bicyclic) bond motifs is 1. The Morgan fingerprint density at radius 1 is 1.03 bits per heavy atom. The molecule has 2 aromatic carbocycles. The highest BCUT2D eigenvalue weighted by Crippen LogP contribution is 2.34. The maximum atomic E-state index is 13.4. The number of carbonyl (C=O) groups excluding carboxylic acids is 1. The van der Waals surface area contributed by atoms with Crippen LogP contribution in [0.25, 0.3) is 10.2 Å². The van der Waals surface area contributed by atoms with Crippen molar-refractivity contribution in [1.82, 2.24) is 14.8 Å². The highest BCUT2D eigenvalue weighted by molar-refractivity contribution is 7.22. The lowest BCUT2D eigenvalue weighted by atomic mass is 10.1. The fourth-order valence-corrected chi connectivity index (χ4v) is 4.57. The number of amides is 1. The van der Waals surface area contributed by atoms with Gasteiger partial charge in [-0.05, 0) is 50.5 Å². The maximum Gasteiger partial charge on any atom is 0.250 e. The summed E-state index contributed by atoms with van der Waals surface area (Å²) in [6, 6.07) is 16.2. The van der Waals surface area contributed by atoms with Crippen molar-refractivity contribution in [3.63, 3.8) is 0 Å². The predicted octanol–water partition coefficient (Wildman–Crippen LogP) is 4.96. The molecule has 0 N–H and O–H groups in total. The molecule has 0 saturated heterocycles. The zero-order valence-corrected chi connectivity index (χ0v) is 18.0. The number of hydrogen-bond donors (Lipinski definition) is 0. The van der Waals surface area contributed by atoms with Gasteiger partial charge < -0.3 is 0 Å². The molecule has 5 nitrogen and oxygen atoms in total. The zero-order chi connectivity index (χ0) is 20.5. The van der Waals surface area contributed by atoms with E-state index in [0.29, 0.717) is 6.54 Å². The van der Waals surface area contributed by atoms with E-state index in [1.807, 2.05) is 50.2 Å². The van der Waals surface area contributed by atoms with E-state index in [-0.39, 0.29) is 12.5 Å². The van der Waals surface area contributed by atoms with E-state index in [2.05, 4.69) is 31.1 Å². The molecule has 0 bridgehead atoms. The van der Waals surface area contributed by atoms with Crippen molar-refractivity contribution in [2.45, 2.75) is 40.8 Å². The summed E-state index contributed by atoms with van der Waals surface area (Å²) in [7, 11) is 0. The van der Waals surface area contributed by atoms with Crippen LogP contribution >= 0.6 is 11.3 Å². The third kappa shape index (κ3) is 3.93. The average molecular weight is 405 g/mol. The lowest BCUT2D eigenvalue weighted by Gasteiger charge is -2.20. The smallest absolute Gasteiger partial charge is 0.250 e. The number of hydrogen-bond acceptors (Lipinski definition) is 4. The van der Waals surface area contributed by atoms with Crippen LogP contribution in [0.5, 0.6) is 0 Å². The Bertz CT molecular complexity index is 1140. The molecule has 0 atom stereocenters. The molecule has 0 spiro atoms. The van der Waals surface area contributed by atoms with Crippen LogP contribution in [0.4, 0.5) is 5.13 Å². The fourth-order valence-electron chi connectivity index (χ4n) is 3.44. The van der Waals surface area contributed by atoms with Crippen molar-refractivity contribution in [3.8, 4) is 0 Å². The number of aromatic nitrogens is 3. The predicted molar refractivity (Wildman–Crippen MR) is 118 cm³/mol. The van der Waals surface area contributed by atoms with E-state index in [4.69, 9.17) is 4.98 Å². The molecule has 0 fully saturated rings. The summed E-state index contributed by atoms with van der Waals surface area (Å²) in [4.78, 5) is 20.0. The van der Waals surface area contributed by atoms with Crippen LogP contribution in [0.1, 0.15) is 28.1 Å². The normalized spacial score (nSPS) is 11.2. The SMILES string of the molecule is Cc1cc(C)n(CC(=O)N(Cc2ccccc2)c2nc3c(C)ccc(C)c3s2)n1. The van der Waals surface area contributed by atoms with Crippen molar-refractivity contribution in [2.24, 2.45) is 0 Å². The third-order valence-corrected chi connectivity index (χ3v) is 6.25. The van der Waals surface area contributed by atoms with Crippen molar-refractivity contribution < 1.29 is 4.79 Å². The summed E-state index contributed by atoms with van der Waals surface area (Å²) in [6.45, 7) is 8.73. The number of aryl methyl sites for hydroxylation is 4. The van der Waals surface area contributed by atoms with E-state index in [0.717, 1.165) is 37.9 Å². The molecule has 4 aromatic rings. The summed E-state index contributed by atoms with van der Waals surface area (Å²) in [5, 5.41) is 5.19. The van der Waals surface area contributed by atoms with Gasteiger partial charge >= 0.3 is 0 Å². The summed E-state index contributed by atoms with van der Waals surface area (Å²) in [5.74, 6) is -0.0191. The first kappa shape index (κ1) is 19.3. The van der Waals surface area contributed by atoms with Gasteiger partial charge in [0, 0.05) is 5.69 Å². The molecule has 2 aromatic heterocycles. The number of anilines is 1. The van der Waals surface area contributed by atoms with Crippen LogP contribution < -0.4 is 4.90 Å². The van der Waals surface area contributed by atoms with Gasteiger partial charge in [-0.2, -0.15) is 5.10 Å². The van der Waals surface area contributed by atoms with Gasteiger partial charge in [0.2, 0.25) is 0 Å². The molecule has 0 radical (unpaired) electrons. The molecule has 1 amide bonds. The standard InChI is InChI=1S/C23H24N4OS/c1-15-10-11-16(2)22-21(15)24-23(29-22)26(13-19-8-6-5-7-9-19)20(28)14-27-18(4)12-17(3)25-27/h5-12H,13-14H2,1-4H3. The first-order valence-electron chi connectivity index (χ1n) is 9.64. The molecule has 0 unspecified atom stereocenters. The van der Waals surface area contributed by atoms with Gasteiger partial charge in [0.05, 0.1) is 22.5 Å². The average Bonchev–Trinajstić information content (AvgIpc) is 3.28. The molecule has 2 heterocycles. The van der Waals surface area contributed by atoms with Gasteiger partial charge in [-0.1, -0.05) is 53.8 Å². The van der Waals surface area contributed by atoms with Crippen molar-refractivity contribution in [2.75, 3.05) is 4.90 Å². The second-order valence-electron chi connectivity index (χ2n) is 7.42. The van der Waals surface area contributed by atoms with Gasteiger partial charge in [0.25, 0.3) is 5.91 Å². The van der Waals surface area contributed by atoms with E-state index in [9.17, 15) is 4.79 Å². The zero-order valence-electron chi connectivity index (χ0n) is 17.1. The number of carbonyl (C=O) groups is 1. The summed E-state index contributed by atoms with van der Waals surface area (Å²) in [5.41, 5.74) is 6.24. The van der Waals surface area contributed by atoms with E-state index in [1.165, 1.54) is 5.56 Å². The van der Waals surface area contributed by atoms with Crippen molar-refractivity contribution in [1.29, 1.82) is 0 Å². The number of benzene rings is 2. The lowest BCUT2D eigenvalue weighted by Crippen LogP contribution is -2.34. The highest BCUT2D eigenvalue weighted by atomic mass is 32.1. The number of rotatable bonds is 5.